The maximum atomic E-state index is 13.9. The molecule has 33 heavy (non-hydrogen) atoms. The summed E-state index contributed by atoms with van der Waals surface area (Å²) in [6.07, 6.45) is 0.146. The van der Waals surface area contributed by atoms with Crippen LogP contribution in [0.5, 0.6) is 17.2 Å². The van der Waals surface area contributed by atoms with E-state index in [9.17, 15) is 9.50 Å². The first-order chi connectivity index (χ1) is 16.0. The minimum Gasteiger partial charge on any atom is -0.504 e. The summed E-state index contributed by atoms with van der Waals surface area (Å²) in [6.45, 7) is 4.89. The fourth-order valence-corrected chi connectivity index (χ4v) is 4.33. The van der Waals surface area contributed by atoms with E-state index in [1.54, 1.807) is 18.2 Å². The van der Waals surface area contributed by atoms with E-state index in [0.717, 1.165) is 28.2 Å². The number of para-hydroxylation sites is 1. The molecule has 0 amide bonds. The summed E-state index contributed by atoms with van der Waals surface area (Å²) >= 11 is 3.27. The molecule has 0 fully saturated rings. The maximum Gasteiger partial charge on any atom is 0.162 e. The van der Waals surface area contributed by atoms with Crippen LogP contribution in [0.15, 0.2) is 70.1 Å². The van der Waals surface area contributed by atoms with Gasteiger partial charge in [0.15, 0.2) is 11.5 Å². The summed E-state index contributed by atoms with van der Waals surface area (Å²) in [7, 11) is 0. The van der Waals surface area contributed by atoms with Gasteiger partial charge in [0.1, 0.15) is 17.7 Å². The van der Waals surface area contributed by atoms with E-state index >= 15 is 0 Å². The summed E-state index contributed by atoms with van der Waals surface area (Å²) in [5, 5.41) is 14.4. The molecule has 1 heterocycles. The highest BCUT2D eigenvalue weighted by Gasteiger charge is 2.29. The first kappa shape index (κ1) is 23.3. The molecule has 2 N–H and O–H groups in total. The molecule has 0 saturated heterocycles. The molecule has 0 bridgehead atoms. The number of halogens is 2. The Balaban J connectivity index is 1.74. The third-order valence-corrected chi connectivity index (χ3v) is 6.11. The Hall–Kier alpha value is -2.90. The zero-order chi connectivity index (χ0) is 23.4. The standard InChI is InChI=1S/C26H26BrFN2O3/c1-3-32-18-11-8-16(9-12-18)22-15-23(19-6-5-7-24(25(19)31)33-4-2)30-26(29-22)17-10-13-21(28)20(27)14-17/h5-14,23,26,30-31H,3-4,15H2,1-2H3/t23-,26-/m1/s1. The van der Waals surface area contributed by atoms with Gasteiger partial charge in [-0.15, -0.1) is 0 Å². The Labute approximate surface area is 201 Å². The molecule has 0 saturated carbocycles. The average molecular weight is 513 g/mol. The largest absolute Gasteiger partial charge is 0.504 e. The molecule has 7 heteroatoms. The molecule has 0 unspecified atom stereocenters. The normalized spacial score (nSPS) is 18.0. The number of nitrogens with zero attached hydrogens (tertiary/aromatic N) is 1. The van der Waals surface area contributed by atoms with Gasteiger partial charge in [0, 0.05) is 23.7 Å². The van der Waals surface area contributed by atoms with Crippen LogP contribution in [0.4, 0.5) is 4.39 Å². The van der Waals surface area contributed by atoms with Gasteiger partial charge in [-0.2, -0.15) is 0 Å². The van der Waals surface area contributed by atoms with E-state index in [2.05, 4.69) is 21.2 Å². The molecule has 0 radical (unpaired) electrons. The van der Waals surface area contributed by atoms with Crippen LogP contribution in [0.2, 0.25) is 0 Å². The van der Waals surface area contributed by atoms with Crippen molar-refractivity contribution in [1.82, 2.24) is 5.32 Å². The molecule has 0 aromatic heterocycles. The Morgan fingerprint density at radius 1 is 1.06 bits per heavy atom. The lowest BCUT2D eigenvalue weighted by atomic mass is 9.93. The van der Waals surface area contributed by atoms with Gasteiger partial charge in [-0.05, 0) is 83.4 Å². The maximum absolute atomic E-state index is 13.9. The van der Waals surface area contributed by atoms with E-state index < -0.39 is 6.17 Å². The Morgan fingerprint density at radius 3 is 2.52 bits per heavy atom. The van der Waals surface area contributed by atoms with Crippen LogP contribution in [0.3, 0.4) is 0 Å². The first-order valence-electron chi connectivity index (χ1n) is 11.0. The van der Waals surface area contributed by atoms with Crippen molar-refractivity contribution in [2.24, 2.45) is 4.99 Å². The van der Waals surface area contributed by atoms with Gasteiger partial charge in [0.05, 0.1) is 17.7 Å². The van der Waals surface area contributed by atoms with Gasteiger partial charge in [-0.3, -0.25) is 10.3 Å². The van der Waals surface area contributed by atoms with Gasteiger partial charge in [0.2, 0.25) is 0 Å². The number of benzene rings is 3. The highest BCUT2D eigenvalue weighted by Crippen LogP contribution is 2.39. The van der Waals surface area contributed by atoms with E-state index in [4.69, 9.17) is 14.5 Å². The fourth-order valence-electron chi connectivity index (χ4n) is 3.94. The zero-order valence-corrected chi connectivity index (χ0v) is 20.1. The van der Waals surface area contributed by atoms with Crippen molar-refractivity contribution in [1.29, 1.82) is 0 Å². The predicted octanol–water partition coefficient (Wildman–Crippen LogP) is 6.31. The summed E-state index contributed by atoms with van der Waals surface area (Å²) in [5.74, 6) is 1.03. The third kappa shape index (κ3) is 5.20. The molecule has 1 aliphatic rings. The summed E-state index contributed by atoms with van der Waals surface area (Å²) in [4.78, 5) is 4.94. The lowest BCUT2D eigenvalue weighted by Gasteiger charge is -2.31. The van der Waals surface area contributed by atoms with Crippen LogP contribution < -0.4 is 14.8 Å². The minimum atomic E-state index is -0.419. The monoisotopic (exact) mass is 512 g/mol. The highest BCUT2D eigenvalue weighted by molar-refractivity contribution is 9.10. The average Bonchev–Trinajstić information content (AvgIpc) is 2.83. The second-order valence-corrected chi connectivity index (χ2v) is 8.51. The Morgan fingerprint density at radius 2 is 1.82 bits per heavy atom. The molecule has 172 valence electrons. The summed E-state index contributed by atoms with van der Waals surface area (Å²) < 4.78 is 25.4. The highest BCUT2D eigenvalue weighted by atomic mass is 79.9. The molecule has 0 aliphatic carbocycles. The second-order valence-electron chi connectivity index (χ2n) is 7.66. The van der Waals surface area contributed by atoms with Crippen molar-refractivity contribution >= 4 is 21.6 Å². The SMILES string of the molecule is CCOc1ccc(C2=N[C@@H](c3ccc(F)c(Br)c3)N[C@@H](c3cccc(OCC)c3O)C2)cc1. The molecule has 3 aromatic rings. The van der Waals surface area contributed by atoms with Crippen molar-refractivity contribution in [3.05, 3.63) is 87.6 Å². The Kier molecular flexibility index (Phi) is 7.30. The smallest absolute Gasteiger partial charge is 0.162 e. The minimum absolute atomic E-state index is 0.115. The molecule has 4 rings (SSSR count). The molecular weight excluding hydrogens is 487 g/mol. The lowest BCUT2D eigenvalue weighted by Crippen LogP contribution is -2.33. The number of aromatic hydroxyl groups is 1. The number of ether oxygens (including phenoxy) is 2. The molecule has 0 spiro atoms. The van der Waals surface area contributed by atoms with Crippen molar-refractivity contribution < 1.29 is 19.0 Å². The van der Waals surface area contributed by atoms with Crippen LogP contribution in [0.1, 0.15) is 49.2 Å². The van der Waals surface area contributed by atoms with Crippen molar-refractivity contribution in [2.45, 2.75) is 32.5 Å². The first-order valence-corrected chi connectivity index (χ1v) is 11.7. The van der Waals surface area contributed by atoms with Crippen LogP contribution >= 0.6 is 15.9 Å². The van der Waals surface area contributed by atoms with Crippen molar-refractivity contribution in [2.75, 3.05) is 13.2 Å². The third-order valence-electron chi connectivity index (χ3n) is 5.50. The van der Waals surface area contributed by atoms with Crippen LogP contribution in [0, 0.1) is 5.82 Å². The van der Waals surface area contributed by atoms with Crippen LogP contribution in [0.25, 0.3) is 0 Å². The number of phenols is 1. The molecular formula is C26H26BrFN2O3. The molecule has 2 atom stereocenters. The van der Waals surface area contributed by atoms with Gasteiger partial charge in [0.25, 0.3) is 0 Å². The number of phenolic OH excluding ortho intramolecular Hbond substituents is 1. The van der Waals surface area contributed by atoms with Crippen molar-refractivity contribution in [3.8, 4) is 17.2 Å². The number of aliphatic imine (C=N–C) groups is 1. The number of rotatable bonds is 7. The molecule has 5 nitrogen and oxygen atoms in total. The zero-order valence-electron chi connectivity index (χ0n) is 18.5. The summed E-state index contributed by atoms with van der Waals surface area (Å²) in [6, 6.07) is 18.0. The fraction of sp³-hybridized carbons (Fsp3) is 0.269. The van der Waals surface area contributed by atoms with Gasteiger partial charge < -0.3 is 14.6 Å². The quantitative estimate of drug-likeness (QED) is 0.389. The van der Waals surface area contributed by atoms with E-state index in [1.165, 1.54) is 6.07 Å². The van der Waals surface area contributed by atoms with Crippen molar-refractivity contribution in [3.63, 3.8) is 0 Å². The van der Waals surface area contributed by atoms with Gasteiger partial charge in [-0.25, -0.2) is 4.39 Å². The van der Waals surface area contributed by atoms with E-state index in [1.807, 2.05) is 50.2 Å². The number of hydrogen-bond donors (Lipinski definition) is 2. The second kappa shape index (κ2) is 10.4. The lowest BCUT2D eigenvalue weighted by molar-refractivity contribution is 0.313. The Bertz CT molecular complexity index is 1150. The number of nitrogens with one attached hydrogen (secondary N) is 1. The molecule has 1 aliphatic heterocycles. The van der Waals surface area contributed by atoms with Gasteiger partial charge >= 0.3 is 0 Å². The van der Waals surface area contributed by atoms with Crippen LogP contribution in [-0.4, -0.2) is 24.0 Å². The van der Waals surface area contributed by atoms with E-state index in [-0.39, 0.29) is 17.6 Å². The molecule has 3 aromatic carbocycles. The topological polar surface area (TPSA) is 63.1 Å². The van der Waals surface area contributed by atoms with Crippen LogP contribution in [-0.2, 0) is 0 Å². The number of hydrogen-bond acceptors (Lipinski definition) is 5. The predicted molar refractivity (Wildman–Crippen MR) is 131 cm³/mol. The van der Waals surface area contributed by atoms with Gasteiger partial charge in [-0.1, -0.05) is 18.2 Å². The summed E-state index contributed by atoms with van der Waals surface area (Å²) in [5.41, 5.74) is 3.40. The van der Waals surface area contributed by atoms with E-state index in [0.29, 0.717) is 29.9 Å².